The van der Waals surface area contributed by atoms with Crippen LogP contribution in [-0.2, 0) is 12.8 Å². The number of hydrogen-bond donors (Lipinski definition) is 1. The van der Waals surface area contributed by atoms with Gasteiger partial charge in [-0.2, -0.15) is 0 Å². The van der Waals surface area contributed by atoms with Crippen LogP contribution < -0.4 is 10.1 Å². The molecule has 1 aliphatic carbocycles. The van der Waals surface area contributed by atoms with Crippen LogP contribution in [-0.4, -0.2) is 13.7 Å². The van der Waals surface area contributed by atoms with Crippen LogP contribution in [0.25, 0.3) is 0 Å². The lowest BCUT2D eigenvalue weighted by molar-refractivity contribution is 0.414. The number of nitrogens with one attached hydrogen (secondary N) is 1. The Morgan fingerprint density at radius 3 is 2.81 bits per heavy atom. The maximum absolute atomic E-state index is 5.33. The summed E-state index contributed by atoms with van der Waals surface area (Å²) in [5.41, 5.74) is 4.22. The SMILES string of the molecule is CCNC(c1cc2c(s1)CCC2)c1ccc(OC)cc1C. The van der Waals surface area contributed by atoms with Gasteiger partial charge in [0.05, 0.1) is 13.2 Å². The summed E-state index contributed by atoms with van der Waals surface area (Å²) in [6.45, 7) is 5.31. The molecule has 1 aliphatic rings. The first-order valence-electron chi connectivity index (χ1n) is 7.72. The van der Waals surface area contributed by atoms with Gasteiger partial charge in [0.1, 0.15) is 5.75 Å². The third-order valence-electron chi connectivity index (χ3n) is 4.25. The van der Waals surface area contributed by atoms with Crippen molar-refractivity contribution in [1.29, 1.82) is 0 Å². The molecule has 0 bridgehead atoms. The molecule has 1 unspecified atom stereocenters. The molecule has 0 fully saturated rings. The van der Waals surface area contributed by atoms with Gasteiger partial charge in [0.25, 0.3) is 0 Å². The second-order valence-electron chi connectivity index (χ2n) is 5.66. The van der Waals surface area contributed by atoms with E-state index in [1.54, 1.807) is 17.6 Å². The molecule has 0 spiro atoms. The Bertz CT molecular complexity index is 611. The van der Waals surface area contributed by atoms with Gasteiger partial charge in [-0.1, -0.05) is 13.0 Å². The van der Waals surface area contributed by atoms with Gasteiger partial charge in [0, 0.05) is 9.75 Å². The van der Waals surface area contributed by atoms with Crippen LogP contribution in [0.1, 0.15) is 45.8 Å². The second-order valence-corrected chi connectivity index (χ2v) is 6.83. The molecule has 0 saturated carbocycles. The lowest BCUT2D eigenvalue weighted by Crippen LogP contribution is -2.22. The van der Waals surface area contributed by atoms with E-state index in [0.717, 1.165) is 12.3 Å². The fraction of sp³-hybridized carbons (Fsp3) is 0.444. The molecule has 2 nitrogen and oxygen atoms in total. The van der Waals surface area contributed by atoms with Crippen molar-refractivity contribution in [2.45, 2.75) is 39.2 Å². The summed E-state index contributed by atoms with van der Waals surface area (Å²) in [5, 5.41) is 3.65. The first kappa shape index (κ1) is 14.6. The smallest absolute Gasteiger partial charge is 0.119 e. The predicted octanol–water partition coefficient (Wildman–Crippen LogP) is 4.25. The van der Waals surface area contributed by atoms with E-state index in [9.17, 15) is 0 Å². The molecule has 1 aromatic heterocycles. The van der Waals surface area contributed by atoms with Crippen LogP contribution >= 0.6 is 11.3 Å². The average molecular weight is 301 g/mol. The fourth-order valence-electron chi connectivity index (χ4n) is 3.16. The zero-order valence-electron chi connectivity index (χ0n) is 13.0. The zero-order valence-corrected chi connectivity index (χ0v) is 13.8. The minimum Gasteiger partial charge on any atom is -0.497 e. The summed E-state index contributed by atoms with van der Waals surface area (Å²) in [6.07, 6.45) is 3.85. The summed E-state index contributed by atoms with van der Waals surface area (Å²) < 4.78 is 5.33. The molecule has 3 rings (SSSR count). The van der Waals surface area contributed by atoms with Gasteiger partial charge in [-0.25, -0.2) is 0 Å². The molecule has 1 N–H and O–H groups in total. The number of aryl methyl sites for hydroxylation is 3. The molecule has 0 aliphatic heterocycles. The largest absolute Gasteiger partial charge is 0.497 e. The summed E-state index contributed by atoms with van der Waals surface area (Å²) in [5.74, 6) is 0.931. The highest BCUT2D eigenvalue weighted by Gasteiger charge is 2.22. The summed E-state index contributed by atoms with van der Waals surface area (Å²) >= 11 is 1.99. The Balaban J connectivity index is 1.97. The number of ether oxygens (including phenoxy) is 1. The monoisotopic (exact) mass is 301 g/mol. The standard InChI is InChI=1S/C18H23NOS/c1-4-19-18(15-9-8-14(20-3)10-12(15)2)17-11-13-6-5-7-16(13)21-17/h8-11,18-19H,4-7H2,1-3H3. The van der Waals surface area contributed by atoms with Gasteiger partial charge in [-0.3, -0.25) is 0 Å². The zero-order chi connectivity index (χ0) is 14.8. The quantitative estimate of drug-likeness (QED) is 0.891. The van der Waals surface area contributed by atoms with Crippen LogP contribution in [0.3, 0.4) is 0 Å². The van der Waals surface area contributed by atoms with E-state index >= 15 is 0 Å². The van der Waals surface area contributed by atoms with E-state index in [1.165, 1.54) is 35.3 Å². The van der Waals surface area contributed by atoms with E-state index < -0.39 is 0 Å². The fourth-order valence-corrected chi connectivity index (χ4v) is 4.51. The lowest BCUT2D eigenvalue weighted by Gasteiger charge is -2.20. The third-order valence-corrected chi connectivity index (χ3v) is 5.55. The van der Waals surface area contributed by atoms with Crippen LogP contribution in [0.15, 0.2) is 24.3 Å². The number of hydrogen-bond acceptors (Lipinski definition) is 3. The molecular weight excluding hydrogens is 278 g/mol. The van der Waals surface area contributed by atoms with Crippen molar-refractivity contribution in [3.05, 3.63) is 50.7 Å². The van der Waals surface area contributed by atoms with Crippen LogP contribution in [0.5, 0.6) is 5.75 Å². The van der Waals surface area contributed by atoms with Gasteiger partial charge in [-0.15, -0.1) is 11.3 Å². The first-order chi connectivity index (χ1) is 10.2. The first-order valence-corrected chi connectivity index (χ1v) is 8.54. The Hall–Kier alpha value is -1.32. The highest BCUT2D eigenvalue weighted by atomic mass is 32.1. The minimum absolute atomic E-state index is 0.302. The Kier molecular flexibility index (Phi) is 4.32. The topological polar surface area (TPSA) is 21.3 Å². The van der Waals surface area contributed by atoms with Crippen molar-refractivity contribution < 1.29 is 4.74 Å². The Labute approximate surface area is 131 Å². The minimum atomic E-state index is 0.302. The maximum atomic E-state index is 5.33. The van der Waals surface area contributed by atoms with E-state index in [1.807, 2.05) is 11.3 Å². The third kappa shape index (κ3) is 2.85. The highest BCUT2D eigenvalue weighted by Crippen LogP contribution is 2.37. The van der Waals surface area contributed by atoms with Gasteiger partial charge in [-0.05, 0) is 67.6 Å². The lowest BCUT2D eigenvalue weighted by atomic mass is 9.99. The van der Waals surface area contributed by atoms with E-state index in [2.05, 4.69) is 43.4 Å². The van der Waals surface area contributed by atoms with Crippen molar-refractivity contribution in [2.24, 2.45) is 0 Å². The molecular formula is C18H23NOS. The van der Waals surface area contributed by atoms with Crippen LogP contribution in [0.4, 0.5) is 0 Å². The van der Waals surface area contributed by atoms with Crippen molar-refractivity contribution in [2.75, 3.05) is 13.7 Å². The summed E-state index contributed by atoms with van der Waals surface area (Å²) in [7, 11) is 1.72. The summed E-state index contributed by atoms with van der Waals surface area (Å²) in [6, 6.07) is 9.11. The Morgan fingerprint density at radius 2 is 2.14 bits per heavy atom. The number of rotatable bonds is 5. The molecule has 3 heteroatoms. The molecule has 1 heterocycles. The molecule has 21 heavy (non-hydrogen) atoms. The normalized spacial score (nSPS) is 15.0. The second kappa shape index (κ2) is 6.20. The Morgan fingerprint density at radius 1 is 1.29 bits per heavy atom. The molecule has 2 aromatic rings. The van der Waals surface area contributed by atoms with Crippen LogP contribution in [0, 0.1) is 6.92 Å². The molecule has 1 atom stereocenters. The van der Waals surface area contributed by atoms with Gasteiger partial charge in [0.15, 0.2) is 0 Å². The molecule has 0 saturated heterocycles. The molecule has 0 radical (unpaired) electrons. The van der Waals surface area contributed by atoms with Crippen molar-refractivity contribution in [3.63, 3.8) is 0 Å². The van der Waals surface area contributed by atoms with Gasteiger partial charge in [0.2, 0.25) is 0 Å². The van der Waals surface area contributed by atoms with Crippen molar-refractivity contribution >= 4 is 11.3 Å². The van der Waals surface area contributed by atoms with E-state index in [-0.39, 0.29) is 0 Å². The summed E-state index contributed by atoms with van der Waals surface area (Å²) in [4.78, 5) is 3.05. The van der Waals surface area contributed by atoms with Crippen LogP contribution in [0.2, 0.25) is 0 Å². The van der Waals surface area contributed by atoms with E-state index in [4.69, 9.17) is 4.74 Å². The highest BCUT2D eigenvalue weighted by molar-refractivity contribution is 7.12. The number of methoxy groups -OCH3 is 1. The average Bonchev–Trinajstić information content (AvgIpc) is 3.06. The van der Waals surface area contributed by atoms with Crippen molar-refractivity contribution in [3.8, 4) is 5.75 Å². The molecule has 0 amide bonds. The van der Waals surface area contributed by atoms with E-state index in [0.29, 0.717) is 6.04 Å². The molecule has 1 aromatic carbocycles. The molecule has 112 valence electrons. The maximum Gasteiger partial charge on any atom is 0.119 e. The number of benzene rings is 1. The van der Waals surface area contributed by atoms with Crippen molar-refractivity contribution in [1.82, 2.24) is 5.32 Å². The number of fused-ring (bicyclic) bond motifs is 1. The van der Waals surface area contributed by atoms with Gasteiger partial charge >= 0.3 is 0 Å². The number of thiophene rings is 1. The van der Waals surface area contributed by atoms with Gasteiger partial charge < -0.3 is 10.1 Å². The predicted molar refractivity (Wildman–Crippen MR) is 89.6 cm³/mol.